The van der Waals surface area contributed by atoms with Gasteiger partial charge in [-0.25, -0.2) is 4.79 Å². The summed E-state index contributed by atoms with van der Waals surface area (Å²) in [4.78, 5) is 12.3. The van der Waals surface area contributed by atoms with Crippen LogP contribution in [0, 0.1) is 13.8 Å². The number of carbonyl (C=O) groups excluding carboxylic acids is 1. The van der Waals surface area contributed by atoms with Gasteiger partial charge in [0.2, 0.25) is 0 Å². The van der Waals surface area contributed by atoms with Crippen LogP contribution in [0.1, 0.15) is 27.0 Å². The van der Waals surface area contributed by atoms with Gasteiger partial charge in [0, 0.05) is 5.56 Å². The quantitative estimate of drug-likeness (QED) is 0.646. The molecule has 0 aliphatic rings. The molecule has 0 unspecified atom stereocenters. The Kier molecular flexibility index (Phi) is 4.52. The minimum Gasteiger partial charge on any atom is -0.488 e. The monoisotopic (exact) mass is 320 g/mol. The summed E-state index contributed by atoms with van der Waals surface area (Å²) in [6.07, 6.45) is 0. The fourth-order valence-corrected chi connectivity index (χ4v) is 2.96. The first-order valence-electron chi connectivity index (χ1n) is 7.89. The number of para-hydroxylation sites is 1. The zero-order chi connectivity index (χ0) is 17.1. The molecule has 24 heavy (non-hydrogen) atoms. The number of benzene rings is 3. The molecule has 3 aromatic carbocycles. The first-order chi connectivity index (χ1) is 11.6. The number of fused-ring (bicyclic) bond motifs is 1. The highest BCUT2D eigenvalue weighted by Crippen LogP contribution is 2.27. The second kappa shape index (κ2) is 6.75. The van der Waals surface area contributed by atoms with Crippen LogP contribution in [-0.2, 0) is 11.3 Å². The zero-order valence-corrected chi connectivity index (χ0v) is 14.1. The molecule has 0 radical (unpaired) electrons. The second-order valence-corrected chi connectivity index (χ2v) is 5.82. The lowest BCUT2D eigenvalue weighted by Crippen LogP contribution is -2.09. The van der Waals surface area contributed by atoms with E-state index in [2.05, 4.69) is 0 Å². The maximum atomic E-state index is 12.3. The van der Waals surface area contributed by atoms with Crippen molar-refractivity contribution in [1.82, 2.24) is 0 Å². The molecule has 0 atom stereocenters. The minimum atomic E-state index is -0.341. The third kappa shape index (κ3) is 2.98. The maximum absolute atomic E-state index is 12.3. The molecule has 0 aromatic heterocycles. The smallest absolute Gasteiger partial charge is 0.338 e. The van der Waals surface area contributed by atoms with Crippen LogP contribution in [0.4, 0.5) is 0 Å². The van der Waals surface area contributed by atoms with Crippen LogP contribution in [0.25, 0.3) is 10.8 Å². The van der Waals surface area contributed by atoms with E-state index in [0.717, 1.165) is 33.2 Å². The van der Waals surface area contributed by atoms with Crippen molar-refractivity contribution >= 4 is 16.7 Å². The number of hydrogen-bond acceptors (Lipinski definition) is 3. The van der Waals surface area contributed by atoms with Crippen LogP contribution in [0.2, 0.25) is 0 Å². The molecule has 122 valence electrons. The van der Waals surface area contributed by atoms with E-state index >= 15 is 0 Å². The summed E-state index contributed by atoms with van der Waals surface area (Å²) in [7, 11) is 1.40. The first kappa shape index (κ1) is 16.1. The lowest BCUT2D eigenvalue weighted by Gasteiger charge is -2.15. The number of hydrogen-bond donors (Lipinski definition) is 0. The van der Waals surface area contributed by atoms with Crippen molar-refractivity contribution in [2.45, 2.75) is 20.5 Å². The average molecular weight is 320 g/mol. The van der Waals surface area contributed by atoms with Gasteiger partial charge in [0.15, 0.2) is 0 Å². The van der Waals surface area contributed by atoms with Crippen molar-refractivity contribution in [3.63, 3.8) is 0 Å². The largest absolute Gasteiger partial charge is 0.488 e. The zero-order valence-electron chi connectivity index (χ0n) is 14.1. The third-order valence-corrected chi connectivity index (χ3v) is 4.19. The topological polar surface area (TPSA) is 35.5 Å². The van der Waals surface area contributed by atoms with Gasteiger partial charge in [0.05, 0.1) is 12.7 Å². The molecule has 3 rings (SSSR count). The molecule has 0 heterocycles. The molecule has 0 spiro atoms. The molecular weight excluding hydrogens is 300 g/mol. The summed E-state index contributed by atoms with van der Waals surface area (Å²) in [5.74, 6) is 0.522. The Morgan fingerprint density at radius 2 is 1.62 bits per heavy atom. The summed E-state index contributed by atoms with van der Waals surface area (Å²) >= 11 is 0. The van der Waals surface area contributed by atoms with E-state index in [-0.39, 0.29) is 5.97 Å². The highest BCUT2D eigenvalue weighted by molar-refractivity contribution is 6.05. The number of ether oxygens (including phenoxy) is 2. The SMILES string of the molecule is COC(=O)c1c(COc2c(C)cccc2C)ccc2ccccc12. The fraction of sp³-hybridized carbons (Fsp3) is 0.190. The molecule has 3 nitrogen and oxygen atoms in total. The van der Waals surface area contributed by atoms with Gasteiger partial charge in [0.25, 0.3) is 0 Å². The van der Waals surface area contributed by atoms with E-state index in [9.17, 15) is 4.79 Å². The van der Waals surface area contributed by atoms with E-state index < -0.39 is 0 Å². The second-order valence-electron chi connectivity index (χ2n) is 5.82. The van der Waals surface area contributed by atoms with Crippen molar-refractivity contribution in [3.8, 4) is 5.75 Å². The molecule has 0 aliphatic heterocycles. The van der Waals surface area contributed by atoms with Crippen LogP contribution in [0.3, 0.4) is 0 Å². The Morgan fingerprint density at radius 1 is 0.917 bits per heavy atom. The lowest BCUT2D eigenvalue weighted by molar-refractivity contribution is 0.0600. The summed E-state index contributed by atoms with van der Waals surface area (Å²) in [6.45, 7) is 4.36. The molecule has 0 amide bonds. The molecule has 0 bridgehead atoms. The summed E-state index contributed by atoms with van der Waals surface area (Å²) in [5.41, 5.74) is 3.55. The number of aryl methyl sites for hydroxylation is 2. The molecule has 3 heteroatoms. The van der Waals surface area contributed by atoms with Gasteiger partial charge in [-0.1, -0.05) is 54.6 Å². The van der Waals surface area contributed by atoms with Gasteiger partial charge >= 0.3 is 5.97 Å². The molecule has 0 N–H and O–H groups in total. The Balaban J connectivity index is 2.01. The van der Waals surface area contributed by atoms with Crippen LogP contribution in [0.5, 0.6) is 5.75 Å². The van der Waals surface area contributed by atoms with Crippen LogP contribution >= 0.6 is 0 Å². The van der Waals surface area contributed by atoms with Gasteiger partial charge in [-0.3, -0.25) is 0 Å². The Bertz CT molecular complexity index is 876. The molecule has 0 aliphatic carbocycles. The molecule has 0 fully saturated rings. The van der Waals surface area contributed by atoms with Crippen molar-refractivity contribution in [2.75, 3.05) is 7.11 Å². The Morgan fingerprint density at radius 3 is 2.33 bits per heavy atom. The molecule has 3 aromatic rings. The summed E-state index contributed by atoms with van der Waals surface area (Å²) in [5, 5.41) is 1.89. The Labute approximate surface area is 141 Å². The fourth-order valence-electron chi connectivity index (χ4n) is 2.96. The van der Waals surface area contributed by atoms with E-state index in [4.69, 9.17) is 9.47 Å². The van der Waals surface area contributed by atoms with Crippen molar-refractivity contribution in [1.29, 1.82) is 0 Å². The standard InChI is InChI=1S/C21H20O3/c1-14-7-6-8-15(2)20(14)24-13-17-12-11-16-9-4-5-10-18(16)19(17)21(22)23-3/h4-12H,13H2,1-3H3. The molecule has 0 saturated heterocycles. The van der Waals surface area contributed by atoms with Gasteiger partial charge in [-0.05, 0) is 35.7 Å². The number of esters is 1. The van der Waals surface area contributed by atoms with Gasteiger partial charge in [0.1, 0.15) is 12.4 Å². The number of rotatable bonds is 4. The molecular formula is C21H20O3. The predicted octanol–water partition coefficient (Wildman–Crippen LogP) is 4.82. The Hall–Kier alpha value is -2.81. The van der Waals surface area contributed by atoms with Crippen molar-refractivity contribution in [3.05, 3.63) is 76.9 Å². The molecule has 0 saturated carbocycles. The van der Waals surface area contributed by atoms with Gasteiger partial charge in [-0.2, -0.15) is 0 Å². The number of methoxy groups -OCH3 is 1. The lowest BCUT2D eigenvalue weighted by atomic mass is 9.99. The van der Waals surface area contributed by atoms with Gasteiger partial charge in [-0.15, -0.1) is 0 Å². The van der Waals surface area contributed by atoms with Crippen LogP contribution < -0.4 is 4.74 Å². The van der Waals surface area contributed by atoms with Crippen LogP contribution in [0.15, 0.2) is 54.6 Å². The highest BCUT2D eigenvalue weighted by atomic mass is 16.5. The predicted molar refractivity (Wildman–Crippen MR) is 95.5 cm³/mol. The third-order valence-electron chi connectivity index (χ3n) is 4.19. The summed E-state index contributed by atoms with van der Waals surface area (Å²) < 4.78 is 11.0. The number of carbonyl (C=O) groups is 1. The van der Waals surface area contributed by atoms with E-state index in [1.165, 1.54) is 7.11 Å². The maximum Gasteiger partial charge on any atom is 0.338 e. The van der Waals surface area contributed by atoms with E-state index in [1.54, 1.807) is 0 Å². The van der Waals surface area contributed by atoms with Crippen molar-refractivity contribution < 1.29 is 14.3 Å². The highest BCUT2D eigenvalue weighted by Gasteiger charge is 2.16. The van der Waals surface area contributed by atoms with E-state index in [1.807, 2.05) is 68.4 Å². The van der Waals surface area contributed by atoms with Gasteiger partial charge < -0.3 is 9.47 Å². The van der Waals surface area contributed by atoms with Crippen molar-refractivity contribution in [2.24, 2.45) is 0 Å². The normalized spacial score (nSPS) is 10.6. The first-order valence-corrected chi connectivity index (χ1v) is 7.89. The minimum absolute atomic E-state index is 0.320. The van der Waals surface area contributed by atoms with E-state index in [0.29, 0.717) is 12.2 Å². The van der Waals surface area contributed by atoms with Crippen LogP contribution in [-0.4, -0.2) is 13.1 Å². The summed E-state index contributed by atoms with van der Waals surface area (Å²) in [6, 6.07) is 17.8. The average Bonchev–Trinajstić information content (AvgIpc) is 2.60.